The fourth-order valence-corrected chi connectivity index (χ4v) is 5.54. The lowest BCUT2D eigenvalue weighted by molar-refractivity contribution is -0.384. The van der Waals surface area contributed by atoms with Gasteiger partial charge < -0.3 is 5.32 Å². The van der Waals surface area contributed by atoms with Crippen molar-refractivity contribution in [3.63, 3.8) is 0 Å². The molecule has 8 nitrogen and oxygen atoms in total. The summed E-state index contributed by atoms with van der Waals surface area (Å²) in [6.07, 6.45) is 3.08. The molecule has 4 atom stereocenters. The predicted molar refractivity (Wildman–Crippen MR) is 134 cm³/mol. The van der Waals surface area contributed by atoms with Gasteiger partial charge in [0.15, 0.2) is 5.16 Å². The lowest BCUT2D eigenvalue weighted by atomic mass is 9.78. The van der Waals surface area contributed by atoms with Crippen LogP contribution in [0.3, 0.4) is 0 Å². The Morgan fingerprint density at radius 1 is 1.21 bits per heavy atom. The van der Waals surface area contributed by atoms with Crippen LogP contribution in [0.4, 0.5) is 11.4 Å². The highest BCUT2D eigenvalue weighted by Crippen LogP contribution is 2.39. The number of rotatable bonds is 6. The number of nitrogens with zero attached hydrogens (tertiary/aromatic N) is 3. The number of fused-ring (bicyclic) bond motifs is 1. The van der Waals surface area contributed by atoms with Gasteiger partial charge in [0, 0.05) is 23.9 Å². The summed E-state index contributed by atoms with van der Waals surface area (Å²) < 4.78 is 1.80. The lowest BCUT2D eigenvalue weighted by Crippen LogP contribution is -2.36. The van der Waals surface area contributed by atoms with Crippen molar-refractivity contribution in [1.82, 2.24) is 9.55 Å². The number of hydrogen-bond acceptors (Lipinski definition) is 6. The molecule has 3 aromatic rings. The lowest BCUT2D eigenvalue weighted by Gasteiger charge is -2.36. The van der Waals surface area contributed by atoms with E-state index in [4.69, 9.17) is 4.98 Å². The molecule has 0 saturated heterocycles. The molecular formula is C25H28N4O4S. The zero-order valence-corrected chi connectivity index (χ0v) is 20.2. The van der Waals surface area contributed by atoms with Crippen LogP contribution in [0.15, 0.2) is 58.5 Å². The number of thioether (sulfide) groups is 1. The van der Waals surface area contributed by atoms with Crippen molar-refractivity contribution < 1.29 is 9.72 Å². The number of anilines is 1. The number of carbonyl (C=O) groups excluding carboxylic acids is 1. The smallest absolute Gasteiger partial charge is 0.271 e. The SMILES string of the molecule is C[C@@H]1[C@H](C)CCC[C@H]1n1c(S[C@@H](C)C(=O)Nc2cccc([N+](=O)[O-])c2)nc2ccccc2c1=O. The van der Waals surface area contributed by atoms with Gasteiger partial charge in [-0.3, -0.25) is 24.3 Å². The summed E-state index contributed by atoms with van der Waals surface area (Å²) in [5.41, 5.74) is 0.785. The van der Waals surface area contributed by atoms with Crippen molar-refractivity contribution >= 4 is 39.9 Å². The zero-order chi connectivity index (χ0) is 24.4. The minimum atomic E-state index is -0.574. The van der Waals surface area contributed by atoms with Gasteiger partial charge in [-0.25, -0.2) is 4.98 Å². The first kappa shape index (κ1) is 23.9. The molecular weight excluding hydrogens is 452 g/mol. The van der Waals surface area contributed by atoms with E-state index in [1.54, 1.807) is 23.6 Å². The number of hydrogen-bond donors (Lipinski definition) is 1. The van der Waals surface area contributed by atoms with E-state index >= 15 is 0 Å². The van der Waals surface area contributed by atoms with Crippen molar-refractivity contribution in [2.24, 2.45) is 11.8 Å². The Labute approximate surface area is 201 Å². The van der Waals surface area contributed by atoms with Gasteiger partial charge in [-0.15, -0.1) is 0 Å². The van der Waals surface area contributed by atoms with E-state index in [2.05, 4.69) is 19.2 Å². The molecule has 1 heterocycles. The van der Waals surface area contributed by atoms with Crippen LogP contribution in [0.2, 0.25) is 0 Å². The third-order valence-electron chi connectivity index (χ3n) is 6.75. The summed E-state index contributed by atoms with van der Waals surface area (Å²) in [5, 5.41) is 14.3. The first-order chi connectivity index (χ1) is 16.3. The highest BCUT2D eigenvalue weighted by molar-refractivity contribution is 8.00. The third-order valence-corrected chi connectivity index (χ3v) is 7.81. The van der Waals surface area contributed by atoms with E-state index in [9.17, 15) is 19.7 Å². The molecule has 0 aliphatic heterocycles. The minimum Gasteiger partial charge on any atom is -0.325 e. The molecule has 1 fully saturated rings. The number of para-hydroxylation sites is 1. The Morgan fingerprint density at radius 2 is 1.97 bits per heavy atom. The Bertz CT molecular complexity index is 1290. The molecule has 1 amide bonds. The molecule has 0 radical (unpaired) electrons. The number of nitrogens with one attached hydrogen (secondary N) is 1. The van der Waals surface area contributed by atoms with Gasteiger partial charge in [0.25, 0.3) is 11.2 Å². The molecule has 34 heavy (non-hydrogen) atoms. The third kappa shape index (κ3) is 4.84. The summed E-state index contributed by atoms with van der Waals surface area (Å²) in [7, 11) is 0. The van der Waals surface area contributed by atoms with Crippen LogP contribution < -0.4 is 10.9 Å². The number of amides is 1. The van der Waals surface area contributed by atoms with Crippen molar-refractivity contribution in [2.45, 2.75) is 56.5 Å². The normalized spacial score (nSPS) is 21.2. The molecule has 1 aromatic heterocycles. The van der Waals surface area contributed by atoms with Crippen LogP contribution in [-0.4, -0.2) is 25.6 Å². The van der Waals surface area contributed by atoms with Crippen molar-refractivity contribution in [3.8, 4) is 0 Å². The van der Waals surface area contributed by atoms with Crippen LogP contribution in [0.1, 0.15) is 46.1 Å². The number of aromatic nitrogens is 2. The largest absolute Gasteiger partial charge is 0.325 e. The van der Waals surface area contributed by atoms with Gasteiger partial charge in [-0.1, -0.05) is 56.7 Å². The number of nitro benzene ring substituents is 1. The Kier molecular flexibility index (Phi) is 7.02. The second kappa shape index (κ2) is 9.97. The first-order valence-corrected chi connectivity index (χ1v) is 12.4. The fourth-order valence-electron chi connectivity index (χ4n) is 4.57. The maximum atomic E-state index is 13.6. The van der Waals surface area contributed by atoms with Crippen LogP contribution in [-0.2, 0) is 4.79 Å². The average molecular weight is 481 g/mol. The molecule has 0 unspecified atom stereocenters. The summed E-state index contributed by atoms with van der Waals surface area (Å²) in [6.45, 7) is 6.15. The Balaban J connectivity index is 1.66. The summed E-state index contributed by atoms with van der Waals surface area (Å²) in [4.78, 5) is 41.9. The Hall–Kier alpha value is -3.20. The topological polar surface area (TPSA) is 107 Å². The molecule has 0 spiro atoms. The van der Waals surface area contributed by atoms with Crippen LogP contribution >= 0.6 is 11.8 Å². The van der Waals surface area contributed by atoms with Crippen molar-refractivity contribution in [1.29, 1.82) is 0 Å². The van der Waals surface area contributed by atoms with Crippen molar-refractivity contribution in [2.75, 3.05) is 5.32 Å². The standard InChI is InChI=1S/C25H28N4O4S/c1-15-8-6-13-22(16(15)2)28-24(31)20-11-4-5-12-21(20)27-25(28)34-17(3)23(30)26-18-9-7-10-19(14-18)29(32)33/h4-5,7,9-12,14-17,22H,6,8,13H2,1-3H3,(H,26,30)/t15-,16-,17+,22-/m1/s1. The molecule has 0 bridgehead atoms. The van der Waals surface area contributed by atoms with E-state index in [1.807, 2.05) is 18.2 Å². The van der Waals surface area contributed by atoms with E-state index in [1.165, 1.54) is 30.0 Å². The Morgan fingerprint density at radius 3 is 2.74 bits per heavy atom. The van der Waals surface area contributed by atoms with E-state index in [0.717, 1.165) is 19.3 Å². The van der Waals surface area contributed by atoms with Gasteiger partial charge in [0.05, 0.1) is 21.1 Å². The predicted octanol–water partition coefficient (Wildman–Crippen LogP) is 5.42. The highest BCUT2D eigenvalue weighted by atomic mass is 32.2. The summed E-state index contributed by atoms with van der Waals surface area (Å²) in [6, 6.07) is 13.1. The molecule has 178 valence electrons. The van der Waals surface area contributed by atoms with Gasteiger partial charge in [0.2, 0.25) is 5.91 Å². The summed E-state index contributed by atoms with van der Waals surface area (Å²) >= 11 is 1.24. The number of benzene rings is 2. The minimum absolute atomic E-state index is 0.0166. The van der Waals surface area contributed by atoms with E-state index in [-0.39, 0.29) is 23.2 Å². The van der Waals surface area contributed by atoms with Crippen LogP contribution in [0, 0.1) is 22.0 Å². The number of non-ortho nitro benzene ring substituents is 1. The molecule has 1 aliphatic rings. The maximum Gasteiger partial charge on any atom is 0.271 e. The maximum absolute atomic E-state index is 13.6. The first-order valence-electron chi connectivity index (χ1n) is 11.5. The fraction of sp³-hybridized carbons (Fsp3) is 0.400. The van der Waals surface area contributed by atoms with Crippen LogP contribution in [0.25, 0.3) is 10.9 Å². The van der Waals surface area contributed by atoms with Gasteiger partial charge >= 0.3 is 0 Å². The summed E-state index contributed by atoms with van der Waals surface area (Å²) in [5.74, 6) is 0.483. The van der Waals surface area contributed by atoms with E-state index in [0.29, 0.717) is 33.6 Å². The van der Waals surface area contributed by atoms with Gasteiger partial charge in [-0.2, -0.15) is 0 Å². The molecule has 1 aliphatic carbocycles. The quantitative estimate of drug-likeness (QED) is 0.218. The average Bonchev–Trinajstić information content (AvgIpc) is 2.82. The molecule has 4 rings (SSSR count). The second-order valence-electron chi connectivity index (χ2n) is 8.98. The monoisotopic (exact) mass is 480 g/mol. The van der Waals surface area contributed by atoms with E-state index < -0.39 is 10.2 Å². The van der Waals surface area contributed by atoms with Gasteiger partial charge in [0.1, 0.15) is 0 Å². The molecule has 1 saturated carbocycles. The molecule has 9 heteroatoms. The van der Waals surface area contributed by atoms with Crippen molar-refractivity contribution in [3.05, 3.63) is 69.0 Å². The van der Waals surface area contributed by atoms with Crippen LogP contribution in [0.5, 0.6) is 0 Å². The molecule has 2 aromatic carbocycles. The highest BCUT2D eigenvalue weighted by Gasteiger charge is 2.32. The molecule has 1 N–H and O–H groups in total. The number of nitro groups is 1. The number of carbonyl (C=O) groups is 1. The zero-order valence-electron chi connectivity index (χ0n) is 19.4. The second-order valence-corrected chi connectivity index (χ2v) is 10.3. The van der Waals surface area contributed by atoms with Gasteiger partial charge in [-0.05, 0) is 43.4 Å².